The van der Waals surface area contributed by atoms with Crippen LogP contribution in [0.5, 0.6) is 0 Å². The summed E-state index contributed by atoms with van der Waals surface area (Å²) in [4.78, 5) is 23.2. The minimum Gasteiger partial charge on any atom is -0.366 e. The molecular weight excluding hydrogens is 274 g/mol. The maximum Gasteiger partial charge on any atom is 0.251 e. The Morgan fingerprint density at radius 3 is 2.50 bits per heavy atom. The van der Waals surface area contributed by atoms with Gasteiger partial charge in [-0.15, -0.1) is 11.3 Å². The summed E-state index contributed by atoms with van der Waals surface area (Å²) >= 11 is 1.27. The fourth-order valence-corrected chi connectivity index (χ4v) is 2.68. The van der Waals surface area contributed by atoms with Crippen molar-refractivity contribution in [3.63, 3.8) is 0 Å². The number of amides is 2. The van der Waals surface area contributed by atoms with E-state index in [1.165, 1.54) is 11.3 Å². The van der Waals surface area contributed by atoms with Crippen LogP contribution in [0.15, 0.2) is 35.7 Å². The van der Waals surface area contributed by atoms with E-state index in [1.807, 2.05) is 24.3 Å². The zero-order valence-corrected chi connectivity index (χ0v) is 11.6. The number of thiophene rings is 1. The number of benzene rings is 1. The highest BCUT2D eigenvalue weighted by Crippen LogP contribution is 2.23. The molecule has 2 amide bonds. The number of carbonyl (C=O) groups excluding carboxylic acids is 2. The van der Waals surface area contributed by atoms with Crippen molar-refractivity contribution in [3.8, 4) is 0 Å². The first-order chi connectivity index (χ1) is 9.61. The van der Waals surface area contributed by atoms with Crippen LogP contribution in [0.1, 0.15) is 21.5 Å². The third kappa shape index (κ3) is 3.23. The molecule has 0 aliphatic rings. The van der Waals surface area contributed by atoms with Crippen molar-refractivity contribution in [1.29, 1.82) is 0 Å². The van der Waals surface area contributed by atoms with Gasteiger partial charge in [0.2, 0.25) is 5.91 Å². The Bertz CT molecular complexity index is 637. The van der Waals surface area contributed by atoms with E-state index in [1.54, 1.807) is 11.4 Å². The number of rotatable bonds is 5. The van der Waals surface area contributed by atoms with Crippen molar-refractivity contribution in [1.82, 2.24) is 0 Å². The smallest absolute Gasteiger partial charge is 0.251 e. The van der Waals surface area contributed by atoms with E-state index < -0.39 is 5.91 Å². The standard InChI is InChI=1S/C14H15N3O2S/c15-8-10-4-2-1-3-9(10)7-12(18)17-14-11(13(16)19)5-6-20-14/h1-6H,7-8,15H2,(H2,16,19)(H,17,18). The summed E-state index contributed by atoms with van der Waals surface area (Å²) in [6, 6.07) is 9.10. The zero-order valence-electron chi connectivity index (χ0n) is 10.8. The van der Waals surface area contributed by atoms with Gasteiger partial charge in [-0.2, -0.15) is 0 Å². The van der Waals surface area contributed by atoms with Crippen LogP contribution in [0.2, 0.25) is 0 Å². The third-order valence-corrected chi connectivity index (χ3v) is 3.70. The lowest BCUT2D eigenvalue weighted by Gasteiger charge is -2.08. The molecule has 20 heavy (non-hydrogen) atoms. The topological polar surface area (TPSA) is 98.2 Å². The van der Waals surface area contributed by atoms with Gasteiger partial charge in [-0.3, -0.25) is 9.59 Å². The first-order valence-corrected chi connectivity index (χ1v) is 6.93. The molecule has 1 heterocycles. The molecule has 0 saturated carbocycles. The van der Waals surface area contributed by atoms with Crippen molar-refractivity contribution in [2.24, 2.45) is 11.5 Å². The molecule has 0 fully saturated rings. The van der Waals surface area contributed by atoms with Gasteiger partial charge in [-0.1, -0.05) is 24.3 Å². The third-order valence-electron chi connectivity index (χ3n) is 2.87. The summed E-state index contributed by atoms with van der Waals surface area (Å²) in [5.74, 6) is -0.750. The van der Waals surface area contributed by atoms with Crippen molar-refractivity contribution in [2.45, 2.75) is 13.0 Å². The molecular formula is C14H15N3O2S. The minimum absolute atomic E-state index is 0.198. The van der Waals surface area contributed by atoms with E-state index in [4.69, 9.17) is 11.5 Å². The van der Waals surface area contributed by atoms with Crippen LogP contribution in [0.25, 0.3) is 0 Å². The number of nitrogens with two attached hydrogens (primary N) is 2. The minimum atomic E-state index is -0.552. The molecule has 0 aliphatic heterocycles. The molecule has 5 N–H and O–H groups in total. The van der Waals surface area contributed by atoms with Crippen LogP contribution in [0.3, 0.4) is 0 Å². The number of carbonyl (C=O) groups is 2. The molecule has 0 radical (unpaired) electrons. The van der Waals surface area contributed by atoms with Gasteiger partial charge in [0.05, 0.1) is 12.0 Å². The van der Waals surface area contributed by atoms with Crippen molar-refractivity contribution < 1.29 is 9.59 Å². The Morgan fingerprint density at radius 2 is 1.85 bits per heavy atom. The molecule has 2 rings (SSSR count). The normalized spacial score (nSPS) is 10.2. The Kier molecular flexibility index (Phi) is 4.49. The highest BCUT2D eigenvalue weighted by Gasteiger charge is 2.13. The second-order valence-electron chi connectivity index (χ2n) is 4.23. The quantitative estimate of drug-likeness (QED) is 0.777. The Hall–Kier alpha value is -2.18. The maximum atomic E-state index is 12.0. The predicted octanol–water partition coefficient (Wildman–Crippen LogP) is 1.49. The first kappa shape index (κ1) is 14.2. The molecule has 0 spiro atoms. The van der Waals surface area contributed by atoms with E-state index in [0.717, 1.165) is 11.1 Å². The van der Waals surface area contributed by atoms with Crippen molar-refractivity contribution >= 4 is 28.2 Å². The van der Waals surface area contributed by atoms with Gasteiger partial charge in [-0.05, 0) is 22.6 Å². The molecule has 5 nitrogen and oxygen atoms in total. The molecule has 1 aromatic heterocycles. The number of nitrogens with one attached hydrogen (secondary N) is 1. The molecule has 0 saturated heterocycles. The van der Waals surface area contributed by atoms with Crippen LogP contribution < -0.4 is 16.8 Å². The summed E-state index contributed by atoms with van der Waals surface area (Å²) in [6.45, 7) is 0.384. The molecule has 0 unspecified atom stereocenters. The monoisotopic (exact) mass is 289 g/mol. The van der Waals surface area contributed by atoms with Gasteiger partial charge in [-0.25, -0.2) is 0 Å². The van der Waals surface area contributed by atoms with Crippen LogP contribution in [0, 0.1) is 0 Å². The van der Waals surface area contributed by atoms with Crippen LogP contribution >= 0.6 is 11.3 Å². The van der Waals surface area contributed by atoms with E-state index in [9.17, 15) is 9.59 Å². The second kappa shape index (κ2) is 6.31. The Morgan fingerprint density at radius 1 is 1.15 bits per heavy atom. The zero-order chi connectivity index (χ0) is 14.5. The molecule has 2 aromatic rings. The lowest BCUT2D eigenvalue weighted by molar-refractivity contribution is -0.115. The average Bonchev–Trinajstić information content (AvgIpc) is 2.87. The van der Waals surface area contributed by atoms with E-state index in [2.05, 4.69) is 5.32 Å². The summed E-state index contributed by atoms with van der Waals surface area (Å²) in [5.41, 5.74) is 13.0. The highest BCUT2D eigenvalue weighted by atomic mass is 32.1. The lowest BCUT2D eigenvalue weighted by atomic mass is 10.0. The number of primary amides is 1. The largest absolute Gasteiger partial charge is 0.366 e. The van der Waals surface area contributed by atoms with E-state index in [-0.39, 0.29) is 12.3 Å². The maximum absolute atomic E-state index is 12.0. The van der Waals surface area contributed by atoms with Gasteiger partial charge < -0.3 is 16.8 Å². The summed E-state index contributed by atoms with van der Waals surface area (Å²) in [5, 5.41) is 4.90. The number of anilines is 1. The SMILES string of the molecule is NCc1ccccc1CC(=O)Nc1sccc1C(N)=O. The van der Waals surface area contributed by atoms with Crippen LogP contribution in [-0.2, 0) is 17.8 Å². The Balaban J connectivity index is 2.09. The van der Waals surface area contributed by atoms with Gasteiger partial charge >= 0.3 is 0 Å². The molecule has 0 bridgehead atoms. The van der Waals surface area contributed by atoms with Gasteiger partial charge in [0.1, 0.15) is 5.00 Å². The number of hydrogen-bond donors (Lipinski definition) is 3. The van der Waals surface area contributed by atoms with Crippen molar-refractivity contribution in [2.75, 3.05) is 5.32 Å². The van der Waals surface area contributed by atoms with Gasteiger partial charge in [0, 0.05) is 6.54 Å². The molecule has 0 atom stereocenters. The lowest BCUT2D eigenvalue weighted by Crippen LogP contribution is -2.18. The van der Waals surface area contributed by atoms with Crippen molar-refractivity contribution in [3.05, 3.63) is 52.4 Å². The summed E-state index contributed by atoms with van der Waals surface area (Å²) in [7, 11) is 0. The van der Waals surface area contributed by atoms with Crippen LogP contribution in [0.4, 0.5) is 5.00 Å². The Labute approximate surface area is 120 Å². The van der Waals surface area contributed by atoms with E-state index in [0.29, 0.717) is 17.1 Å². The molecule has 1 aromatic carbocycles. The van der Waals surface area contributed by atoms with Gasteiger partial charge in [0.25, 0.3) is 5.91 Å². The average molecular weight is 289 g/mol. The fourth-order valence-electron chi connectivity index (χ4n) is 1.87. The molecule has 0 aliphatic carbocycles. The van der Waals surface area contributed by atoms with E-state index >= 15 is 0 Å². The number of hydrogen-bond acceptors (Lipinski definition) is 4. The van der Waals surface area contributed by atoms with Gasteiger partial charge in [0.15, 0.2) is 0 Å². The molecule has 104 valence electrons. The van der Waals surface area contributed by atoms with Crippen LogP contribution in [-0.4, -0.2) is 11.8 Å². The summed E-state index contributed by atoms with van der Waals surface area (Å²) in [6.07, 6.45) is 0.212. The molecule has 6 heteroatoms. The highest BCUT2D eigenvalue weighted by molar-refractivity contribution is 7.14. The second-order valence-corrected chi connectivity index (χ2v) is 5.14. The summed E-state index contributed by atoms with van der Waals surface area (Å²) < 4.78 is 0. The predicted molar refractivity (Wildman–Crippen MR) is 79.5 cm³/mol. The first-order valence-electron chi connectivity index (χ1n) is 6.06. The fraction of sp³-hybridized carbons (Fsp3) is 0.143.